The van der Waals surface area contributed by atoms with Gasteiger partial charge in [0.25, 0.3) is 5.56 Å². The van der Waals surface area contributed by atoms with Gasteiger partial charge < -0.3 is 14.6 Å². The van der Waals surface area contributed by atoms with Gasteiger partial charge in [-0.2, -0.15) is 5.10 Å². The number of nitrogens with zero attached hydrogens (tertiary/aromatic N) is 3. The molecule has 0 bridgehead atoms. The Hall–Kier alpha value is -3.56. The zero-order valence-electron chi connectivity index (χ0n) is 19.0. The van der Waals surface area contributed by atoms with Crippen LogP contribution in [-0.4, -0.2) is 45.5 Å². The lowest BCUT2D eigenvalue weighted by Gasteiger charge is -2.25. The van der Waals surface area contributed by atoms with E-state index < -0.39 is 23.2 Å². The maximum absolute atomic E-state index is 12.8. The van der Waals surface area contributed by atoms with Gasteiger partial charge in [0, 0.05) is 24.9 Å². The minimum atomic E-state index is -0.731. The van der Waals surface area contributed by atoms with Crippen molar-refractivity contribution < 1.29 is 19.4 Å². The lowest BCUT2D eigenvalue weighted by molar-refractivity contribution is -0.130. The van der Waals surface area contributed by atoms with Crippen molar-refractivity contribution in [3.63, 3.8) is 0 Å². The molecule has 1 aromatic carbocycles. The summed E-state index contributed by atoms with van der Waals surface area (Å²) in [7, 11) is 3.06. The van der Waals surface area contributed by atoms with Crippen molar-refractivity contribution in [2.24, 2.45) is 5.10 Å². The van der Waals surface area contributed by atoms with E-state index >= 15 is 0 Å². The van der Waals surface area contributed by atoms with Gasteiger partial charge in [0.15, 0.2) is 0 Å². The fourth-order valence-corrected chi connectivity index (χ4v) is 4.77. The Balaban J connectivity index is 1.80. The lowest BCUT2D eigenvalue weighted by atomic mass is 9.94. The molecule has 0 unspecified atom stereocenters. The lowest BCUT2D eigenvalue weighted by Crippen LogP contribution is -2.36. The molecule has 1 aliphatic carbocycles. The molecule has 2 N–H and O–H groups in total. The van der Waals surface area contributed by atoms with E-state index in [9.17, 15) is 19.5 Å². The highest BCUT2D eigenvalue weighted by atomic mass is 16.5. The molecule has 1 amide bonds. The molecule has 4 rings (SSSR count). The number of carbonyl (C=O) groups is 1. The standard InChI is InChI=1S/C23H28N4O6/c1-13(28)27-18(16-11-15(32-2)9-10-19(16)33-3)12-17(25-27)20-21(29)24-23(31)26(22(20)30)14-7-5-4-6-8-14/h9-11,14,18,30H,4-8,12H2,1-3H3,(H,24,29,31)/t18-/m0/s1. The van der Waals surface area contributed by atoms with Crippen molar-refractivity contribution in [2.75, 3.05) is 14.2 Å². The van der Waals surface area contributed by atoms with E-state index in [1.54, 1.807) is 18.2 Å². The zero-order valence-corrected chi connectivity index (χ0v) is 19.0. The number of nitrogens with one attached hydrogen (secondary N) is 1. The molecule has 10 nitrogen and oxygen atoms in total. The van der Waals surface area contributed by atoms with Crippen LogP contribution in [0.3, 0.4) is 0 Å². The van der Waals surface area contributed by atoms with Gasteiger partial charge in [-0.15, -0.1) is 0 Å². The number of H-pyrrole nitrogens is 1. The SMILES string of the molecule is COc1ccc(OC)c([C@@H]2CC(c3c(O)n(C4CCCCC4)c(=O)[nH]c3=O)=NN2C(C)=O)c1. The minimum absolute atomic E-state index is 0.0872. The van der Waals surface area contributed by atoms with Gasteiger partial charge in [-0.1, -0.05) is 19.3 Å². The number of aromatic amines is 1. The van der Waals surface area contributed by atoms with Crippen LogP contribution in [0.1, 0.15) is 68.7 Å². The number of methoxy groups -OCH3 is 2. The smallest absolute Gasteiger partial charge is 0.331 e. The van der Waals surface area contributed by atoms with Gasteiger partial charge in [-0.25, -0.2) is 9.80 Å². The molecule has 1 aromatic heterocycles. The minimum Gasteiger partial charge on any atom is -0.497 e. The quantitative estimate of drug-likeness (QED) is 0.712. The summed E-state index contributed by atoms with van der Waals surface area (Å²) in [6, 6.07) is 4.47. The second kappa shape index (κ2) is 9.13. The van der Waals surface area contributed by atoms with Crippen LogP contribution in [-0.2, 0) is 4.79 Å². The molecule has 2 aliphatic rings. The first kappa shape index (κ1) is 22.6. The number of hydrogen-bond donors (Lipinski definition) is 2. The first-order valence-electron chi connectivity index (χ1n) is 11.0. The molecule has 2 aromatic rings. The predicted molar refractivity (Wildman–Crippen MR) is 121 cm³/mol. The molecule has 2 heterocycles. The molecule has 0 radical (unpaired) electrons. The first-order valence-corrected chi connectivity index (χ1v) is 11.0. The number of rotatable bonds is 5. The van der Waals surface area contributed by atoms with Crippen molar-refractivity contribution in [2.45, 2.75) is 57.5 Å². The summed E-state index contributed by atoms with van der Waals surface area (Å²) in [5.41, 5.74) is -0.576. The van der Waals surface area contributed by atoms with Gasteiger partial charge in [-0.3, -0.25) is 19.1 Å². The molecular formula is C23H28N4O6. The maximum atomic E-state index is 12.8. The molecule has 0 spiro atoms. The van der Waals surface area contributed by atoms with Gasteiger partial charge in [0.05, 0.1) is 26.0 Å². The van der Waals surface area contributed by atoms with Crippen LogP contribution >= 0.6 is 0 Å². The molecule has 1 saturated carbocycles. The van der Waals surface area contributed by atoms with Gasteiger partial charge in [-0.05, 0) is 31.0 Å². The predicted octanol–water partition coefficient (Wildman–Crippen LogP) is 2.46. The summed E-state index contributed by atoms with van der Waals surface area (Å²) in [6.45, 7) is 1.37. The van der Waals surface area contributed by atoms with E-state index in [1.165, 1.54) is 30.7 Å². The number of ether oxygens (including phenoxy) is 2. The molecule has 0 saturated heterocycles. The monoisotopic (exact) mass is 456 g/mol. The van der Waals surface area contributed by atoms with Crippen molar-refractivity contribution in [3.8, 4) is 17.4 Å². The number of benzene rings is 1. The van der Waals surface area contributed by atoms with Crippen LogP contribution in [0.2, 0.25) is 0 Å². The van der Waals surface area contributed by atoms with Crippen molar-refractivity contribution in [1.29, 1.82) is 0 Å². The fourth-order valence-electron chi connectivity index (χ4n) is 4.77. The molecule has 33 heavy (non-hydrogen) atoms. The topological polar surface area (TPSA) is 126 Å². The van der Waals surface area contributed by atoms with E-state index in [-0.39, 0.29) is 29.6 Å². The number of hydrogen-bond acceptors (Lipinski definition) is 7. The molecule has 10 heteroatoms. The molecule has 1 fully saturated rings. The van der Waals surface area contributed by atoms with Crippen LogP contribution in [0.15, 0.2) is 32.9 Å². The van der Waals surface area contributed by atoms with Crippen molar-refractivity contribution in [1.82, 2.24) is 14.6 Å². The summed E-state index contributed by atoms with van der Waals surface area (Å²) in [6.07, 6.45) is 4.61. The van der Waals surface area contributed by atoms with E-state index in [0.29, 0.717) is 17.1 Å². The molecular weight excluding hydrogens is 428 g/mol. The summed E-state index contributed by atoms with van der Waals surface area (Å²) >= 11 is 0. The van der Waals surface area contributed by atoms with Gasteiger partial charge >= 0.3 is 5.69 Å². The summed E-state index contributed by atoms with van der Waals surface area (Å²) in [4.78, 5) is 40.1. The third-order valence-corrected chi connectivity index (χ3v) is 6.38. The average molecular weight is 456 g/mol. The summed E-state index contributed by atoms with van der Waals surface area (Å²) in [5.74, 6) is 0.371. The van der Waals surface area contributed by atoms with Gasteiger partial charge in [0.2, 0.25) is 11.8 Å². The van der Waals surface area contributed by atoms with Crippen molar-refractivity contribution in [3.05, 3.63) is 50.2 Å². The number of amides is 1. The second-order valence-corrected chi connectivity index (χ2v) is 8.36. The Morgan fingerprint density at radius 3 is 2.52 bits per heavy atom. The number of aromatic hydroxyl groups is 1. The zero-order chi connectivity index (χ0) is 23.7. The highest BCUT2D eigenvalue weighted by molar-refractivity contribution is 6.04. The normalized spacial score (nSPS) is 18.8. The third kappa shape index (κ3) is 4.12. The van der Waals surface area contributed by atoms with E-state index in [2.05, 4.69) is 10.1 Å². The average Bonchev–Trinajstić information content (AvgIpc) is 3.24. The number of carbonyl (C=O) groups excluding carboxylic acids is 1. The number of hydrazone groups is 1. The van der Waals surface area contributed by atoms with E-state index in [0.717, 1.165) is 32.1 Å². The Morgan fingerprint density at radius 1 is 1.15 bits per heavy atom. The fraction of sp³-hybridized carbons (Fsp3) is 0.478. The highest BCUT2D eigenvalue weighted by Gasteiger charge is 2.36. The van der Waals surface area contributed by atoms with Crippen molar-refractivity contribution >= 4 is 11.6 Å². The van der Waals surface area contributed by atoms with Crippen LogP contribution < -0.4 is 20.7 Å². The van der Waals surface area contributed by atoms with E-state index in [1.807, 2.05) is 0 Å². The van der Waals surface area contributed by atoms with Gasteiger partial charge in [0.1, 0.15) is 17.1 Å². The Morgan fingerprint density at radius 2 is 1.88 bits per heavy atom. The highest BCUT2D eigenvalue weighted by Crippen LogP contribution is 2.40. The first-order chi connectivity index (χ1) is 15.8. The molecule has 176 valence electrons. The largest absolute Gasteiger partial charge is 0.497 e. The number of aromatic nitrogens is 2. The van der Waals surface area contributed by atoms with Crippen LogP contribution in [0, 0.1) is 0 Å². The Kier molecular flexibility index (Phi) is 6.26. The maximum Gasteiger partial charge on any atom is 0.331 e. The molecule has 1 aliphatic heterocycles. The summed E-state index contributed by atoms with van der Waals surface area (Å²) < 4.78 is 12.1. The third-order valence-electron chi connectivity index (χ3n) is 6.38. The Labute approximate surface area is 190 Å². The van der Waals surface area contributed by atoms with Crippen LogP contribution in [0.4, 0.5) is 0 Å². The Bertz CT molecular complexity index is 1210. The molecule has 1 atom stereocenters. The second-order valence-electron chi connectivity index (χ2n) is 8.36. The summed E-state index contributed by atoms with van der Waals surface area (Å²) in [5, 5.41) is 16.7. The van der Waals surface area contributed by atoms with Crippen LogP contribution in [0.25, 0.3) is 0 Å². The van der Waals surface area contributed by atoms with Crippen LogP contribution in [0.5, 0.6) is 17.4 Å². The van der Waals surface area contributed by atoms with E-state index in [4.69, 9.17) is 9.47 Å².